The normalized spacial score (nSPS) is 17.1. The Bertz CT molecular complexity index is 1210. The summed E-state index contributed by atoms with van der Waals surface area (Å²) in [7, 11) is -3.61. The number of hydrogen-bond donors (Lipinski definition) is 1. The highest BCUT2D eigenvalue weighted by atomic mass is 32.2. The molecule has 33 heavy (non-hydrogen) atoms. The highest BCUT2D eigenvalue weighted by molar-refractivity contribution is 7.89. The van der Waals surface area contributed by atoms with E-state index in [1.165, 1.54) is 28.6 Å². The zero-order chi connectivity index (χ0) is 23.4. The summed E-state index contributed by atoms with van der Waals surface area (Å²) in [6.07, 6.45) is 3.40. The first kappa shape index (κ1) is 23.5. The van der Waals surface area contributed by atoms with Crippen molar-refractivity contribution >= 4 is 33.0 Å². The van der Waals surface area contributed by atoms with Crippen LogP contribution in [0, 0.1) is 5.82 Å². The second kappa shape index (κ2) is 10.1. The lowest BCUT2D eigenvalue weighted by Crippen LogP contribution is -2.39. The van der Waals surface area contributed by atoms with Gasteiger partial charge in [0.25, 0.3) is 5.91 Å². The molecule has 1 amide bonds. The Morgan fingerprint density at radius 3 is 2.58 bits per heavy atom. The van der Waals surface area contributed by atoms with Gasteiger partial charge in [-0.3, -0.25) is 4.79 Å². The Morgan fingerprint density at radius 1 is 1.15 bits per heavy atom. The van der Waals surface area contributed by atoms with Crippen LogP contribution in [-0.4, -0.2) is 41.9 Å². The van der Waals surface area contributed by atoms with E-state index in [0.29, 0.717) is 35.1 Å². The van der Waals surface area contributed by atoms with E-state index >= 15 is 0 Å². The third-order valence-corrected chi connectivity index (χ3v) is 8.53. The molecule has 0 radical (unpaired) electrons. The molecular formula is C23H25FN4O3S2. The number of aromatic nitrogens is 2. The molecule has 0 aliphatic carbocycles. The Kier molecular flexibility index (Phi) is 7.16. The maximum Gasteiger partial charge on any atom is 0.286 e. The molecule has 2 aromatic carbocycles. The maximum absolute atomic E-state index is 13.2. The molecule has 0 saturated carbocycles. The quantitative estimate of drug-likeness (QED) is 0.530. The van der Waals surface area contributed by atoms with E-state index in [1.807, 2.05) is 12.1 Å². The summed E-state index contributed by atoms with van der Waals surface area (Å²) < 4.78 is 40.9. The third-order valence-electron chi connectivity index (χ3n) is 5.57. The van der Waals surface area contributed by atoms with Gasteiger partial charge in [0.1, 0.15) is 10.8 Å². The number of aryl methyl sites for hydroxylation is 1. The molecule has 7 nitrogen and oxygen atoms in total. The Labute approximate surface area is 196 Å². The molecule has 0 bridgehead atoms. The Hall–Kier alpha value is -2.69. The standard InChI is InChI=1S/C23H25FN4O3S2/c1-2-4-16-6-12-20(13-7-16)33(30,31)28-14-3-5-17(15-28)22-26-27-23(32-22)21(29)25-19-10-8-18(24)9-11-19/h6-13,17H,2-5,14-15H2,1H3,(H,25,29). The van der Waals surface area contributed by atoms with E-state index in [4.69, 9.17) is 0 Å². The van der Waals surface area contributed by atoms with Crippen LogP contribution in [0.25, 0.3) is 0 Å². The summed E-state index contributed by atoms with van der Waals surface area (Å²) in [5.74, 6) is -0.949. The predicted octanol–water partition coefficient (Wildman–Crippen LogP) is 4.45. The summed E-state index contributed by atoms with van der Waals surface area (Å²) in [6.45, 7) is 2.84. The van der Waals surface area contributed by atoms with E-state index < -0.39 is 15.9 Å². The number of anilines is 1. The van der Waals surface area contributed by atoms with Crippen LogP contribution in [0.1, 0.15) is 52.5 Å². The molecule has 0 spiro atoms. The van der Waals surface area contributed by atoms with Crippen LogP contribution < -0.4 is 5.32 Å². The van der Waals surface area contributed by atoms with Crippen molar-refractivity contribution in [3.05, 3.63) is 69.9 Å². The first-order valence-corrected chi connectivity index (χ1v) is 13.1. The van der Waals surface area contributed by atoms with Gasteiger partial charge in [-0.25, -0.2) is 12.8 Å². The van der Waals surface area contributed by atoms with Crippen molar-refractivity contribution in [1.29, 1.82) is 0 Å². The minimum Gasteiger partial charge on any atom is -0.320 e. The molecule has 1 N–H and O–H groups in total. The predicted molar refractivity (Wildman–Crippen MR) is 125 cm³/mol. The Morgan fingerprint density at radius 2 is 1.88 bits per heavy atom. The average molecular weight is 489 g/mol. The van der Waals surface area contributed by atoms with Crippen molar-refractivity contribution in [1.82, 2.24) is 14.5 Å². The number of halogens is 1. The number of carbonyl (C=O) groups excluding carboxylic acids is 1. The fourth-order valence-corrected chi connectivity index (χ4v) is 6.23. The number of nitrogens with one attached hydrogen (secondary N) is 1. The number of piperidine rings is 1. The topological polar surface area (TPSA) is 92.3 Å². The molecule has 2 heterocycles. The van der Waals surface area contributed by atoms with Crippen molar-refractivity contribution in [3.63, 3.8) is 0 Å². The second-order valence-electron chi connectivity index (χ2n) is 8.00. The zero-order valence-corrected chi connectivity index (χ0v) is 19.8. The van der Waals surface area contributed by atoms with E-state index in [9.17, 15) is 17.6 Å². The van der Waals surface area contributed by atoms with E-state index in [0.717, 1.165) is 36.2 Å². The van der Waals surface area contributed by atoms with Crippen LogP contribution in [0.3, 0.4) is 0 Å². The van der Waals surface area contributed by atoms with Gasteiger partial charge in [-0.15, -0.1) is 10.2 Å². The van der Waals surface area contributed by atoms with E-state index in [2.05, 4.69) is 22.4 Å². The van der Waals surface area contributed by atoms with Crippen LogP contribution in [0.4, 0.5) is 10.1 Å². The van der Waals surface area contributed by atoms with Gasteiger partial charge in [0.15, 0.2) is 0 Å². The maximum atomic E-state index is 13.2. The summed E-state index contributed by atoms with van der Waals surface area (Å²) >= 11 is 1.16. The van der Waals surface area contributed by atoms with Gasteiger partial charge in [0, 0.05) is 24.7 Å². The molecule has 3 aromatic rings. The Balaban J connectivity index is 1.44. The summed E-state index contributed by atoms with van der Waals surface area (Å²) in [4.78, 5) is 12.8. The number of sulfonamides is 1. The van der Waals surface area contributed by atoms with Gasteiger partial charge >= 0.3 is 0 Å². The lowest BCUT2D eigenvalue weighted by molar-refractivity contribution is 0.102. The first-order chi connectivity index (χ1) is 15.9. The molecule has 1 saturated heterocycles. The summed E-state index contributed by atoms with van der Waals surface area (Å²) in [6, 6.07) is 12.5. The van der Waals surface area contributed by atoms with Crippen molar-refractivity contribution < 1.29 is 17.6 Å². The smallest absolute Gasteiger partial charge is 0.286 e. The fourth-order valence-electron chi connectivity index (χ4n) is 3.84. The SMILES string of the molecule is CCCc1ccc(S(=O)(=O)N2CCCC(c3nnc(C(=O)Nc4ccc(F)cc4)s3)C2)cc1. The first-order valence-electron chi connectivity index (χ1n) is 10.9. The minimum absolute atomic E-state index is 0.127. The van der Waals surface area contributed by atoms with Crippen molar-refractivity contribution in [2.24, 2.45) is 0 Å². The third kappa shape index (κ3) is 5.45. The monoisotopic (exact) mass is 488 g/mol. The zero-order valence-electron chi connectivity index (χ0n) is 18.2. The second-order valence-corrected chi connectivity index (χ2v) is 10.9. The van der Waals surface area contributed by atoms with Crippen molar-refractivity contribution in [2.75, 3.05) is 18.4 Å². The molecule has 10 heteroatoms. The summed E-state index contributed by atoms with van der Waals surface area (Å²) in [5.41, 5.74) is 1.58. The van der Waals surface area contributed by atoms with Crippen LogP contribution in [0.5, 0.6) is 0 Å². The van der Waals surface area contributed by atoms with Crippen molar-refractivity contribution in [2.45, 2.75) is 43.4 Å². The lowest BCUT2D eigenvalue weighted by atomic mass is 10.0. The van der Waals surface area contributed by atoms with Gasteiger partial charge in [0.05, 0.1) is 4.90 Å². The summed E-state index contributed by atoms with van der Waals surface area (Å²) in [5, 5.41) is 11.6. The van der Waals surface area contributed by atoms with Gasteiger partial charge in [-0.1, -0.05) is 36.8 Å². The molecule has 1 aromatic heterocycles. The minimum atomic E-state index is -3.61. The largest absolute Gasteiger partial charge is 0.320 e. The average Bonchev–Trinajstić information content (AvgIpc) is 3.32. The number of hydrogen-bond acceptors (Lipinski definition) is 6. The van der Waals surface area contributed by atoms with Crippen molar-refractivity contribution in [3.8, 4) is 0 Å². The highest BCUT2D eigenvalue weighted by Gasteiger charge is 2.32. The van der Waals surface area contributed by atoms with Crippen LogP contribution >= 0.6 is 11.3 Å². The van der Waals surface area contributed by atoms with Crippen LogP contribution in [-0.2, 0) is 16.4 Å². The van der Waals surface area contributed by atoms with Gasteiger partial charge in [-0.2, -0.15) is 4.31 Å². The van der Waals surface area contributed by atoms with Crippen LogP contribution in [0.15, 0.2) is 53.4 Å². The molecule has 174 valence electrons. The molecular weight excluding hydrogens is 463 g/mol. The van der Waals surface area contributed by atoms with Crippen LogP contribution in [0.2, 0.25) is 0 Å². The van der Waals surface area contributed by atoms with E-state index in [1.54, 1.807) is 12.1 Å². The molecule has 1 aliphatic heterocycles. The molecule has 1 atom stereocenters. The molecule has 1 aliphatic rings. The number of carbonyl (C=O) groups is 1. The lowest BCUT2D eigenvalue weighted by Gasteiger charge is -2.30. The molecule has 1 fully saturated rings. The molecule has 4 rings (SSSR count). The van der Waals surface area contributed by atoms with Gasteiger partial charge < -0.3 is 5.32 Å². The fraction of sp³-hybridized carbons (Fsp3) is 0.348. The number of rotatable bonds is 7. The number of amides is 1. The van der Waals surface area contributed by atoms with Gasteiger partial charge in [0.2, 0.25) is 15.0 Å². The van der Waals surface area contributed by atoms with Gasteiger partial charge in [-0.05, 0) is 61.2 Å². The van der Waals surface area contributed by atoms with E-state index in [-0.39, 0.29) is 16.7 Å². The highest BCUT2D eigenvalue weighted by Crippen LogP contribution is 2.32. The molecule has 1 unspecified atom stereocenters. The number of benzene rings is 2. The number of nitrogens with zero attached hydrogens (tertiary/aromatic N) is 3.